The molecule has 2 aromatic carbocycles. The summed E-state index contributed by atoms with van der Waals surface area (Å²) in [6.07, 6.45) is 1.26. The number of carbonyl (C=O) groups excluding carboxylic acids is 1. The van der Waals surface area contributed by atoms with Gasteiger partial charge < -0.3 is 15.2 Å². The molecule has 2 fully saturated rings. The zero-order valence-corrected chi connectivity index (χ0v) is 14.8. The molecule has 0 saturated heterocycles. The van der Waals surface area contributed by atoms with Gasteiger partial charge in [0.1, 0.15) is 6.61 Å². The van der Waals surface area contributed by atoms with Gasteiger partial charge >= 0.3 is 12.1 Å². The minimum Gasteiger partial charge on any atom is -0.481 e. The van der Waals surface area contributed by atoms with Crippen LogP contribution in [-0.2, 0) is 9.53 Å². The third-order valence-corrected chi connectivity index (χ3v) is 6.44. The lowest BCUT2D eigenvalue weighted by Crippen LogP contribution is -2.37. The Balaban J connectivity index is 1.26. The number of rotatable bonds is 4. The second-order valence-corrected chi connectivity index (χ2v) is 7.76. The first-order chi connectivity index (χ1) is 13.1. The van der Waals surface area contributed by atoms with Crippen molar-refractivity contribution in [1.29, 1.82) is 0 Å². The number of alkyl carbamates (subject to hydrolysis) is 1. The first kappa shape index (κ1) is 16.4. The number of carbonyl (C=O) groups is 2. The van der Waals surface area contributed by atoms with Gasteiger partial charge in [0, 0.05) is 12.0 Å². The van der Waals surface area contributed by atoms with Gasteiger partial charge in [-0.1, -0.05) is 48.5 Å². The highest BCUT2D eigenvalue weighted by atomic mass is 16.5. The standard InChI is InChI=1S/C22H21NO4/c24-21(25)20-16-9-10-18(19(16)20)23-22(26)27-11-17-14-7-3-1-5-12(14)13-6-2-4-8-15(13)17/h1-8,16-20H,9-11H2,(H,23,26)(H,24,25). The number of carboxylic acid groups (broad SMARTS) is 1. The van der Waals surface area contributed by atoms with Crippen LogP contribution in [0, 0.1) is 17.8 Å². The maximum absolute atomic E-state index is 12.3. The second kappa shape index (κ2) is 6.12. The van der Waals surface area contributed by atoms with Crippen molar-refractivity contribution in [3.05, 3.63) is 59.7 Å². The van der Waals surface area contributed by atoms with Crippen LogP contribution < -0.4 is 5.32 Å². The fourth-order valence-corrected chi connectivity index (χ4v) is 5.19. The van der Waals surface area contributed by atoms with Crippen LogP contribution in [0.2, 0.25) is 0 Å². The Hall–Kier alpha value is -2.82. The Morgan fingerprint density at radius 2 is 1.63 bits per heavy atom. The van der Waals surface area contributed by atoms with Crippen LogP contribution in [-0.4, -0.2) is 29.8 Å². The zero-order valence-electron chi connectivity index (χ0n) is 14.8. The third kappa shape index (κ3) is 2.60. The Kier molecular flexibility index (Phi) is 3.71. The highest BCUT2D eigenvalue weighted by molar-refractivity contribution is 5.79. The lowest BCUT2D eigenvalue weighted by atomic mass is 9.98. The molecule has 5 nitrogen and oxygen atoms in total. The molecule has 0 aromatic heterocycles. The number of hydrogen-bond acceptors (Lipinski definition) is 3. The summed E-state index contributed by atoms with van der Waals surface area (Å²) < 4.78 is 5.57. The monoisotopic (exact) mass is 363 g/mol. The second-order valence-electron chi connectivity index (χ2n) is 7.76. The molecule has 4 unspecified atom stereocenters. The van der Waals surface area contributed by atoms with Gasteiger partial charge in [0.05, 0.1) is 5.92 Å². The number of nitrogens with one attached hydrogen (secondary N) is 1. The van der Waals surface area contributed by atoms with Crippen molar-refractivity contribution in [2.45, 2.75) is 24.8 Å². The van der Waals surface area contributed by atoms with Crippen molar-refractivity contribution < 1.29 is 19.4 Å². The van der Waals surface area contributed by atoms with E-state index < -0.39 is 12.1 Å². The highest BCUT2D eigenvalue weighted by Gasteiger charge is 2.62. The first-order valence-corrected chi connectivity index (χ1v) is 9.49. The number of amides is 1. The molecule has 3 aliphatic rings. The Bertz CT molecular complexity index is 879. The lowest BCUT2D eigenvalue weighted by molar-refractivity contribution is -0.139. The van der Waals surface area contributed by atoms with Crippen molar-refractivity contribution in [2.24, 2.45) is 17.8 Å². The summed E-state index contributed by atoms with van der Waals surface area (Å²) in [4.78, 5) is 23.5. The van der Waals surface area contributed by atoms with E-state index in [0.29, 0.717) is 0 Å². The fraction of sp³-hybridized carbons (Fsp3) is 0.364. The Morgan fingerprint density at radius 3 is 2.22 bits per heavy atom. The Morgan fingerprint density at radius 1 is 1.00 bits per heavy atom. The van der Waals surface area contributed by atoms with Crippen molar-refractivity contribution in [2.75, 3.05) is 6.61 Å². The van der Waals surface area contributed by atoms with Crippen molar-refractivity contribution in [1.82, 2.24) is 5.32 Å². The van der Waals surface area contributed by atoms with Gasteiger partial charge in [-0.15, -0.1) is 0 Å². The molecular formula is C22H21NO4. The molecule has 0 radical (unpaired) electrons. The number of aliphatic carboxylic acids is 1. The van der Waals surface area contributed by atoms with Crippen LogP contribution in [0.4, 0.5) is 4.79 Å². The zero-order chi connectivity index (χ0) is 18.5. The minimum atomic E-state index is -0.746. The summed E-state index contributed by atoms with van der Waals surface area (Å²) in [7, 11) is 0. The summed E-state index contributed by atoms with van der Waals surface area (Å²) in [6.45, 7) is 0.281. The van der Waals surface area contributed by atoms with Gasteiger partial charge in [-0.3, -0.25) is 4.79 Å². The van der Waals surface area contributed by atoms with E-state index in [1.807, 2.05) is 24.3 Å². The number of carboxylic acids is 1. The van der Waals surface area contributed by atoms with E-state index in [-0.39, 0.29) is 36.3 Å². The predicted molar refractivity (Wildman–Crippen MR) is 99.3 cm³/mol. The van der Waals surface area contributed by atoms with Gasteiger partial charge in [-0.2, -0.15) is 0 Å². The van der Waals surface area contributed by atoms with Gasteiger partial charge in [0.2, 0.25) is 0 Å². The van der Waals surface area contributed by atoms with E-state index in [4.69, 9.17) is 4.74 Å². The van der Waals surface area contributed by atoms with E-state index in [1.54, 1.807) is 0 Å². The first-order valence-electron chi connectivity index (χ1n) is 9.49. The summed E-state index contributed by atoms with van der Waals surface area (Å²) in [6, 6.07) is 16.4. The van der Waals surface area contributed by atoms with Crippen molar-refractivity contribution in [3.63, 3.8) is 0 Å². The van der Waals surface area contributed by atoms with E-state index in [0.717, 1.165) is 12.8 Å². The SMILES string of the molecule is O=C(NC1CCC2C(C(=O)O)C12)OCC1c2ccccc2-c2ccccc21. The minimum absolute atomic E-state index is 0.0344. The molecule has 2 N–H and O–H groups in total. The molecule has 27 heavy (non-hydrogen) atoms. The van der Waals surface area contributed by atoms with Gasteiger partial charge in [-0.05, 0) is 46.9 Å². The van der Waals surface area contributed by atoms with Gasteiger partial charge in [0.25, 0.3) is 0 Å². The molecule has 5 rings (SSSR count). The molecular weight excluding hydrogens is 342 g/mol. The van der Waals surface area contributed by atoms with E-state index in [2.05, 4.69) is 29.6 Å². The maximum Gasteiger partial charge on any atom is 0.407 e. The van der Waals surface area contributed by atoms with Crippen LogP contribution in [0.25, 0.3) is 11.1 Å². The van der Waals surface area contributed by atoms with Crippen LogP contribution in [0.3, 0.4) is 0 Å². The summed E-state index contributed by atoms with van der Waals surface area (Å²) >= 11 is 0. The van der Waals surface area contributed by atoms with Crippen LogP contribution in [0.15, 0.2) is 48.5 Å². The average Bonchev–Trinajstić information content (AvgIpc) is 3.14. The molecule has 0 spiro atoms. The largest absolute Gasteiger partial charge is 0.481 e. The van der Waals surface area contributed by atoms with E-state index >= 15 is 0 Å². The van der Waals surface area contributed by atoms with E-state index in [1.165, 1.54) is 22.3 Å². The van der Waals surface area contributed by atoms with Crippen molar-refractivity contribution in [3.8, 4) is 11.1 Å². The summed E-state index contributed by atoms with van der Waals surface area (Å²) in [5.74, 6) is -0.710. The predicted octanol–water partition coefficient (Wildman–Crippen LogP) is 3.63. The van der Waals surface area contributed by atoms with E-state index in [9.17, 15) is 14.7 Å². The fourth-order valence-electron chi connectivity index (χ4n) is 5.19. The number of hydrogen-bond donors (Lipinski definition) is 2. The molecule has 3 aliphatic carbocycles. The molecule has 2 saturated carbocycles. The molecule has 1 amide bonds. The third-order valence-electron chi connectivity index (χ3n) is 6.44. The topological polar surface area (TPSA) is 75.6 Å². The van der Waals surface area contributed by atoms with Crippen LogP contribution >= 0.6 is 0 Å². The quantitative estimate of drug-likeness (QED) is 0.870. The molecule has 138 valence electrons. The normalized spacial score (nSPS) is 27.4. The Labute approximate surface area is 157 Å². The van der Waals surface area contributed by atoms with Gasteiger partial charge in [-0.25, -0.2) is 4.79 Å². The highest BCUT2D eigenvalue weighted by Crippen LogP contribution is 2.57. The number of fused-ring (bicyclic) bond motifs is 4. The summed E-state index contributed by atoms with van der Waals surface area (Å²) in [5.41, 5.74) is 4.76. The van der Waals surface area contributed by atoms with Crippen LogP contribution in [0.1, 0.15) is 29.9 Å². The maximum atomic E-state index is 12.3. The molecule has 4 atom stereocenters. The smallest absolute Gasteiger partial charge is 0.407 e. The molecule has 0 aliphatic heterocycles. The van der Waals surface area contributed by atoms with Crippen molar-refractivity contribution >= 4 is 12.1 Å². The molecule has 0 bridgehead atoms. The van der Waals surface area contributed by atoms with Crippen LogP contribution in [0.5, 0.6) is 0 Å². The lowest BCUT2D eigenvalue weighted by Gasteiger charge is -2.18. The average molecular weight is 363 g/mol. The molecule has 2 aromatic rings. The number of ether oxygens (including phenoxy) is 1. The van der Waals surface area contributed by atoms with Gasteiger partial charge in [0.15, 0.2) is 0 Å². The number of benzene rings is 2. The molecule has 5 heteroatoms. The molecule has 0 heterocycles. The summed E-state index contributed by atoms with van der Waals surface area (Å²) in [5, 5.41) is 12.1.